The highest BCUT2D eigenvalue weighted by molar-refractivity contribution is 6.33. The number of aromatic nitrogens is 3. The number of nitrogens with zero attached hydrogens (tertiary/aromatic N) is 3. The summed E-state index contributed by atoms with van der Waals surface area (Å²) in [4.78, 5) is 30.4. The highest BCUT2D eigenvalue weighted by Crippen LogP contribution is 2.49. The SMILES string of the molecule is Cn1c(=O)c2c(-c3ccccc3Cl)c3c(nc2n(C)c1=O)-c1ccccc1C3O. The van der Waals surface area contributed by atoms with Crippen LogP contribution < -0.4 is 11.2 Å². The van der Waals surface area contributed by atoms with E-state index in [2.05, 4.69) is 4.98 Å². The fraction of sp³-hybridized carbons (Fsp3) is 0.136. The number of rotatable bonds is 1. The number of aliphatic hydroxyl groups excluding tert-OH is 1. The number of aryl methyl sites for hydroxylation is 1. The van der Waals surface area contributed by atoms with Crippen molar-refractivity contribution in [2.45, 2.75) is 6.10 Å². The molecule has 0 aliphatic heterocycles. The van der Waals surface area contributed by atoms with Gasteiger partial charge in [-0.05, 0) is 11.6 Å². The van der Waals surface area contributed by atoms with Crippen LogP contribution >= 0.6 is 11.6 Å². The molecule has 7 heteroatoms. The summed E-state index contributed by atoms with van der Waals surface area (Å²) in [6.45, 7) is 0. The molecule has 1 aliphatic rings. The van der Waals surface area contributed by atoms with E-state index in [0.717, 1.165) is 10.1 Å². The summed E-state index contributed by atoms with van der Waals surface area (Å²) in [5.74, 6) is 0. The lowest BCUT2D eigenvalue weighted by Crippen LogP contribution is -2.37. The molecule has 144 valence electrons. The molecule has 0 saturated heterocycles. The maximum absolute atomic E-state index is 13.2. The maximum atomic E-state index is 13.2. The Bertz CT molecular complexity index is 1450. The van der Waals surface area contributed by atoms with Gasteiger partial charge in [0, 0.05) is 41.4 Å². The van der Waals surface area contributed by atoms with Crippen LogP contribution in [0.4, 0.5) is 0 Å². The van der Waals surface area contributed by atoms with Crippen molar-refractivity contribution in [3.8, 4) is 22.4 Å². The fourth-order valence-corrected chi connectivity index (χ4v) is 4.35. The largest absolute Gasteiger partial charge is 0.384 e. The molecule has 29 heavy (non-hydrogen) atoms. The van der Waals surface area contributed by atoms with Crippen molar-refractivity contribution in [2.75, 3.05) is 0 Å². The van der Waals surface area contributed by atoms with E-state index in [1.807, 2.05) is 30.3 Å². The number of hydrogen-bond acceptors (Lipinski definition) is 4. The highest BCUT2D eigenvalue weighted by atomic mass is 35.5. The van der Waals surface area contributed by atoms with Crippen LogP contribution in [-0.4, -0.2) is 19.2 Å². The van der Waals surface area contributed by atoms with Gasteiger partial charge in [0.15, 0.2) is 5.65 Å². The van der Waals surface area contributed by atoms with Crippen LogP contribution in [0.3, 0.4) is 0 Å². The second-order valence-corrected chi connectivity index (χ2v) is 7.53. The zero-order chi connectivity index (χ0) is 20.4. The molecule has 2 aromatic heterocycles. The monoisotopic (exact) mass is 405 g/mol. The molecule has 1 N–H and O–H groups in total. The quantitative estimate of drug-likeness (QED) is 0.528. The first-order chi connectivity index (χ1) is 13.9. The molecule has 0 bridgehead atoms. The second kappa shape index (κ2) is 6.14. The third-order valence-electron chi connectivity index (χ3n) is 5.55. The average molecular weight is 406 g/mol. The molecule has 0 spiro atoms. The third-order valence-corrected chi connectivity index (χ3v) is 5.88. The summed E-state index contributed by atoms with van der Waals surface area (Å²) in [5.41, 5.74) is 3.01. The Labute approximate surface area is 170 Å². The average Bonchev–Trinajstić information content (AvgIpc) is 3.02. The van der Waals surface area contributed by atoms with E-state index in [1.165, 1.54) is 11.6 Å². The van der Waals surface area contributed by atoms with Gasteiger partial charge < -0.3 is 5.11 Å². The number of halogens is 1. The van der Waals surface area contributed by atoms with Crippen molar-refractivity contribution < 1.29 is 5.11 Å². The maximum Gasteiger partial charge on any atom is 0.332 e. The first kappa shape index (κ1) is 17.8. The summed E-state index contributed by atoms with van der Waals surface area (Å²) in [7, 11) is 3.01. The van der Waals surface area contributed by atoms with Crippen molar-refractivity contribution in [2.24, 2.45) is 14.1 Å². The zero-order valence-corrected chi connectivity index (χ0v) is 16.4. The van der Waals surface area contributed by atoms with Crippen LogP contribution in [0.2, 0.25) is 5.02 Å². The van der Waals surface area contributed by atoms with Crippen molar-refractivity contribution in [3.05, 3.63) is 85.5 Å². The Morgan fingerprint density at radius 1 is 0.966 bits per heavy atom. The van der Waals surface area contributed by atoms with E-state index in [4.69, 9.17) is 11.6 Å². The molecular formula is C22H16ClN3O3. The Balaban J connectivity index is 2.09. The van der Waals surface area contributed by atoms with Gasteiger partial charge in [0.25, 0.3) is 5.56 Å². The third kappa shape index (κ3) is 2.30. The molecule has 0 saturated carbocycles. The highest BCUT2D eigenvalue weighted by Gasteiger charge is 2.34. The Kier molecular flexibility index (Phi) is 3.78. The van der Waals surface area contributed by atoms with E-state index in [9.17, 15) is 14.7 Å². The lowest BCUT2D eigenvalue weighted by Gasteiger charge is -2.17. The van der Waals surface area contributed by atoms with E-state index in [-0.39, 0.29) is 11.0 Å². The summed E-state index contributed by atoms with van der Waals surface area (Å²) < 4.78 is 2.40. The van der Waals surface area contributed by atoms with Crippen molar-refractivity contribution in [1.29, 1.82) is 0 Å². The first-order valence-corrected chi connectivity index (χ1v) is 9.45. The van der Waals surface area contributed by atoms with Gasteiger partial charge in [0.2, 0.25) is 0 Å². The summed E-state index contributed by atoms with van der Waals surface area (Å²) in [6.07, 6.45) is -0.952. The predicted octanol–water partition coefficient (Wildman–Crippen LogP) is 3.01. The minimum Gasteiger partial charge on any atom is -0.384 e. The normalized spacial score (nSPS) is 14.8. The first-order valence-electron chi connectivity index (χ1n) is 9.07. The number of benzene rings is 2. The van der Waals surface area contributed by atoms with Gasteiger partial charge >= 0.3 is 5.69 Å². The van der Waals surface area contributed by atoms with Crippen LogP contribution in [0.1, 0.15) is 17.2 Å². The van der Waals surface area contributed by atoms with E-state index >= 15 is 0 Å². The van der Waals surface area contributed by atoms with Gasteiger partial charge in [-0.25, -0.2) is 9.78 Å². The molecule has 0 radical (unpaired) electrons. The second-order valence-electron chi connectivity index (χ2n) is 7.12. The molecule has 0 fully saturated rings. The van der Waals surface area contributed by atoms with Crippen LogP contribution in [0, 0.1) is 0 Å². The lowest BCUT2D eigenvalue weighted by molar-refractivity contribution is 0.225. The lowest BCUT2D eigenvalue weighted by atomic mass is 9.94. The van der Waals surface area contributed by atoms with E-state index in [1.54, 1.807) is 25.2 Å². The van der Waals surface area contributed by atoms with Crippen molar-refractivity contribution in [3.63, 3.8) is 0 Å². The standard InChI is InChI=1S/C22H16ClN3O3/c1-25-20-17(21(28)26(2)22(25)29)15(13-9-5-6-10-14(13)23)16-18(24-20)11-7-3-4-8-12(11)19(16)27/h3-10,19,27H,1-2H3. The molecule has 2 aromatic carbocycles. The molecule has 1 aliphatic carbocycles. The van der Waals surface area contributed by atoms with Crippen LogP contribution in [0.15, 0.2) is 58.1 Å². The number of fused-ring (bicyclic) bond motifs is 4. The molecule has 1 atom stereocenters. The minimum absolute atomic E-state index is 0.258. The van der Waals surface area contributed by atoms with Gasteiger partial charge in [0.1, 0.15) is 6.10 Å². The number of aliphatic hydroxyl groups is 1. The predicted molar refractivity (Wildman–Crippen MR) is 112 cm³/mol. The van der Waals surface area contributed by atoms with E-state index < -0.39 is 17.4 Å². The van der Waals surface area contributed by atoms with Gasteiger partial charge in [-0.3, -0.25) is 13.9 Å². The Morgan fingerprint density at radius 3 is 2.34 bits per heavy atom. The Morgan fingerprint density at radius 2 is 1.62 bits per heavy atom. The summed E-state index contributed by atoms with van der Waals surface area (Å²) in [5, 5.41) is 11.9. The number of pyridine rings is 1. The molecule has 6 nitrogen and oxygen atoms in total. The molecule has 0 amide bonds. The van der Waals surface area contributed by atoms with Gasteiger partial charge in [-0.1, -0.05) is 54.1 Å². The molecule has 4 aromatic rings. The van der Waals surface area contributed by atoms with E-state index in [0.29, 0.717) is 33.0 Å². The number of hydrogen-bond donors (Lipinski definition) is 1. The molecule has 2 heterocycles. The van der Waals surface area contributed by atoms with Crippen LogP contribution in [0.5, 0.6) is 0 Å². The smallest absolute Gasteiger partial charge is 0.332 e. The zero-order valence-electron chi connectivity index (χ0n) is 15.7. The molecule has 1 unspecified atom stereocenters. The van der Waals surface area contributed by atoms with Crippen LogP contribution in [0.25, 0.3) is 33.4 Å². The molecule has 5 rings (SSSR count). The summed E-state index contributed by atoms with van der Waals surface area (Å²) >= 11 is 6.50. The fourth-order valence-electron chi connectivity index (χ4n) is 4.12. The van der Waals surface area contributed by atoms with Gasteiger partial charge in [-0.15, -0.1) is 0 Å². The van der Waals surface area contributed by atoms with Crippen molar-refractivity contribution >= 4 is 22.6 Å². The minimum atomic E-state index is -0.952. The van der Waals surface area contributed by atoms with Crippen molar-refractivity contribution in [1.82, 2.24) is 14.1 Å². The van der Waals surface area contributed by atoms with Gasteiger partial charge in [-0.2, -0.15) is 0 Å². The van der Waals surface area contributed by atoms with Crippen LogP contribution in [-0.2, 0) is 14.1 Å². The summed E-state index contributed by atoms with van der Waals surface area (Å²) in [6, 6.07) is 14.6. The molecular weight excluding hydrogens is 390 g/mol. The van der Waals surface area contributed by atoms with Gasteiger partial charge in [0.05, 0.1) is 11.1 Å². The Hall–Kier alpha value is -3.22. The topological polar surface area (TPSA) is 77.1 Å².